The van der Waals surface area contributed by atoms with Crippen LogP contribution < -0.4 is 10.5 Å². The van der Waals surface area contributed by atoms with Crippen molar-refractivity contribution in [2.45, 2.75) is 31.1 Å². The van der Waals surface area contributed by atoms with Crippen LogP contribution >= 0.6 is 0 Å². The standard InChI is InChI=1S/C13H19N3O4S/c1-9-4-2-5-10(9)8-15-21(19,20)12-7-3-6-11(14)13(12)16(17)18/h3,6-7,9-10,15H,2,4-5,8,14H2,1H3. The van der Waals surface area contributed by atoms with E-state index in [2.05, 4.69) is 11.6 Å². The molecule has 7 nitrogen and oxygen atoms in total. The van der Waals surface area contributed by atoms with Crippen LogP contribution in [0.1, 0.15) is 26.2 Å². The van der Waals surface area contributed by atoms with E-state index in [0.717, 1.165) is 19.3 Å². The van der Waals surface area contributed by atoms with Crippen LogP contribution in [-0.4, -0.2) is 19.9 Å². The highest BCUT2D eigenvalue weighted by molar-refractivity contribution is 7.89. The largest absolute Gasteiger partial charge is 0.393 e. The molecule has 0 bridgehead atoms. The molecule has 1 aliphatic carbocycles. The second-order valence-electron chi connectivity index (χ2n) is 5.47. The maximum absolute atomic E-state index is 12.3. The van der Waals surface area contributed by atoms with Gasteiger partial charge in [-0.3, -0.25) is 10.1 Å². The quantitative estimate of drug-likeness (QED) is 0.489. The number of nitro benzene ring substituents is 1. The highest BCUT2D eigenvalue weighted by Gasteiger charge is 2.30. The van der Waals surface area contributed by atoms with Crippen LogP contribution in [0.2, 0.25) is 0 Å². The number of nitrogens with two attached hydrogens (primary N) is 1. The van der Waals surface area contributed by atoms with Gasteiger partial charge in [-0.2, -0.15) is 0 Å². The van der Waals surface area contributed by atoms with E-state index in [1.807, 2.05) is 0 Å². The second-order valence-corrected chi connectivity index (χ2v) is 7.21. The van der Waals surface area contributed by atoms with E-state index in [9.17, 15) is 18.5 Å². The Bertz CT molecular complexity index is 645. The molecule has 0 heterocycles. The molecule has 3 N–H and O–H groups in total. The molecule has 1 aromatic carbocycles. The molecule has 2 atom stereocenters. The Kier molecular flexibility index (Phi) is 4.48. The van der Waals surface area contributed by atoms with Crippen molar-refractivity contribution in [1.29, 1.82) is 0 Å². The van der Waals surface area contributed by atoms with E-state index in [1.165, 1.54) is 18.2 Å². The lowest BCUT2D eigenvalue weighted by Crippen LogP contribution is -2.30. The summed E-state index contributed by atoms with van der Waals surface area (Å²) in [6.45, 7) is 2.39. The molecule has 2 rings (SSSR count). The highest BCUT2D eigenvalue weighted by Crippen LogP contribution is 2.32. The van der Waals surface area contributed by atoms with Gasteiger partial charge in [-0.15, -0.1) is 0 Å². The summed E-state index contributed by atoms with van der Waals surface area (Å²) < 4.78 is 27.1. The molecule has 0 amide bonds. The zero-order chi connectivity index (χ0) is 15.6. The molecule has 8 heteroatoms. The fraction of sp³-hybridized carbons (Fsp3) is 0.538. The maximum atomic E-state index is 12.3. The second kappa shape index (κ2) is 5.98. The molecule has 0 aliphatic heterocycles. The lowest BCUT2D eigenvalue weighted by Gasteiger charge is -2.16. The van der Waals surface area contributed by atoms with Crippen molar-refractivity contribution < 1.29 is 13.3 Å². The normalized spacial score (nSPS) is 22.3. The van der Waals surface area contributed by atoms with Crippen LogP contribution in [0.5, 0.6) is 0 Å². The van der Waals surface area contributed by atoms with Crippen LogP contribution in [0.25, 0.3) is 0 Å². The van der Waals surface area contributed by atoms with E-state index in [-0.39, 0.29) is 16.5 Å². The number of sulfonamides is 1. The minimum absolute atomic E-state index is 0.155. The molecule has 0 radical (unpaired) electrons. The number of nitrogens with zero attached hydrogens (tertiary/aromatic N) is 1. The number of nitrogens with one attached hydrogen (secondary N) is 1. The van der Waals surface area contributed by atoms with Gasteiger partial charge in [-0.05, 0) is 30.4 Å². The first kappa shape index (κ1) is 15.7. The molecule has 1 aromatic rings. The highest BCUT2D eigenvalue weighted by atomic mass is 32.2. The predicted octanol–water partition coefficient (Wildman–Crippen LogP) is 1.89. The van der Waals surface area contributed by atoms with Crippen molar-refractivity contribution >= 4 is 21.4 Å². The average Bonchev–Trinajstić information content (AvgIpc) is 2.81. The van der Waals surface area contributed by atoms with Gasteiger partial charge in [0.2, 0.25) is 10.0 Å². The summed E-state index contributed by atoms with van der Waals surface area (Å²) in [6, 6.07) is 3.92. The Morgan fingerprint density at radius 3 is 2.71 bits per heavy atom. The Balaban J connectivity index is 2.24. The number of hydrogen-bond donors (Lipinski definition) is 2. The fourth-order valence-electron chi connectivity index (χ4n) is 2.77. The maximum Gasteiger partial charge on any atom is 0.312 e. The first-order chi connectivity index (χ1) is 9.83. The monoisotopic (exact) mass is 313 g/mol. The van der Waals surface area contributed by atoms with E-state index in [1.54, 1.807) is 0 Å². The van der Waals surface area contributed by atoms with Crippen molar-refractivity contribution in [2.24, 2.45) is 11.8 Å². The fourth-order valence-corrected chi connectivity index (χ4v) is 4.07. The SMILES string of the molecule is CC1CCCC1CNS(=O)(=O)c1cccc(N)c1[N+](=O)[O-]. The van der Waals surface area contributed by atoms with Crippen molar-refractivity contribution in [3.63, 3.8) is 0 Å². The Morgan fingerprint density at radius 2 is 2.14 bits per heavy atom. The lowest BCUT2D eigenvalue weighted by molar-refractivity contribution is -0.386. The van der Waals surface area contributed by atoms with Gasteiger partial charge in [0.05, 0.1) is 4.92 Å². The van der Waals surface area contributed by atoms with Gasteiger partial charge in [-0.25, -0.2) is 13.1 Å². The van der Waals surface area contributed by atoms with Gasteiger partial charge in [0, 0.05) is 6.54 Å². The minimum Gasteiger partial charge on any atom is -0.393 e. The molecule has 1 aliphatic rings. The van der Waals surface area contributed by atoms with Crippen molar-refractivity contribution in [2.75, 3.05) is 12.3 Å². The molecule has 1 saturated carbocycles. The summed E-state index contributed by atoms with van der Waals surface area (Å²) in [7, 11) is -3.94. The summed E-state index contributed by atoms with van der Waals surface area (Å²) >= 11 is 0. The predicted molar refractivity (Wildman–Crippen MR) is 79.2 cm³/mol. The first-order valence-corrected chi connectivity index (χ1v) is 8.34. The van der Waals surface area contributed by atoms with Crippen LogP contribution in [0.3, 0.4) is 0 Å². The Morgan fingerprint density at radius 1 is 1.43 bits per heavy atom. The smallest absolute Gasteiger partial charge is 0.312 e. The molecule has 0 saturated heterocycles. The van der Waals surface area contributed by atoms with Crippen LogP contribution in [-0.2, 0) is 10.0 Å². The minimum atomic E-state index is -3.94. The topological polar surface area (TPSA) is 115 Å². The van der Waals surface area contributed by atoms with E-state index in [4.69, 9.17) is 5.73 Å². The van der Waals surface area contributed by atoms with E-state index >= 15 is 0 Å². The number of anilines is 1. The summed E-state index contributed by atoms with van der Waals surface area (Å²) in [5, 5.41) is 11.0. The molecule has 0 spiro atoms. The van der Waals surface area contributed by atoms with Gasteiger partial charge in [0.25, 0.3) is 0 Å². The summed E-state index contributed by atoms with van der Waals surface area (Å²) in [5.41, 5.74) is 4.80. The number of rotatable bonds is 5. The molecule has 21 heavy (non-hydrogen) atoms. The zero-order valence-corrected chi connectivity index (χ0v) is 12.6. The third-order valence-corrected chi connectivity index (χ3v) is 5.53. The zero-order valence-electron chi connectivity index (χ0n) is 11.8. The average molecular weight is 313 g/mol. The molecular formula is C13H19N3O4S. The van der Waals surface area contributed by atoms with Gasteiger partial charge in [-0.1, -0.05) is 25.8 Å². The van der Waals surface area contributed by atoms with Crippen LogP contribution in [0.4, 0.5) is 11.4 Å². The molecular weight excluding hydrogens is 294 g/mol. The van der Waals surface area contributed by atoms with E-state index in [0.29, 0.717) is 12.5 Å². The van der Waals surface area contributed by atoms with Crippen LogP contribution in [0.15, 0.2) is 23.1 Å². The van der Waals surface area contributed by atoms with Crippen molar-refractivity contribution in [1.82, 2.24) is 4.72 Å². The summed E-state index contributed by atoms with van der Waals surface area (Å²) in [5.74, 6) is 0.739. The summed E-state index contributed by atoms with van der Waals surface area (Å²) in [4.78, 5) is 9.90. The number of benzene rings is 1. The van der Waals surface area contributed by atoms with E-state index < -0.39 is 20.6 Å². The molecule has 0 aromatic heterocycles. The molecule has 1 fully saturated rings. The molecule has 116 valence electrons. The number of nitrogen functional groups attached to an aromatic ring is 1. The van der Waals surface area contributed by atoms with Crippen molar-refractivity contribution in [3.8, 4) is 0 Å². The third kappa shape index (κ3) is 3.33. The third-order valence-electron chi connectivity index (χ3n) is 4.08. The van der Waals surface area contributed by atoms with Gasteiger partial charge < -0.3 is 5.73 Å². The van der Waals surface area contributed by atoms with Gasteiger partial charge in [0.1, 0.15) is 5.69 Å². The molecule has 2 unspecified atom stereocenters. The Labute approximate surface area is 123 Å². The van der Waals surface area contributed by atoms with Gasteiger partial charge in [0.15, 0.2) is 4.90 Å². The van der Waals surface area contributed by atoms with Gasteiger partial charge >= 0.3 is 5.69 Å². The number of hydrogen-bond acceptors (Lipinski definition) is 5. The number of nitro groups is 1. The lowest BCUT2D eigenvalue weighted by atomic mass is 9.99. The summed E-state index contributed by atoms with van der Waals surface area (Å²) in [6.07, 6.45) is 3.15. The number of para-hydroxylation sites is 1. The van der Waals surface area contributed by atoms with Crippen molar-refractivity contribution in [3.05, 3.63) is 28.3 Å². The Hall–Kier alpha value is -1.67. The first-order valence-electron chi connectivity index (χ1n) is 6.85. The van der Waals surface area contributed by atoms with Crippen LogP contribution in [0, 0.1) is 22.0 Å².